The molecule has 0 N–H and O–H groups in total. The second-order valence-electron chi connectivity index (χ2n) is 9.60. The van der Waals surface area contributed by atoms with Gasteiger partial charge in [-0.1, -0.05) is 0 Å². The van der Waals surface area contributed by atoms with Gasteiger partial charge < -0.3 is 4.90 Å². The Morgan fingerprint density at radius 2 is 1.83 bits per heavy atom. The standard InChI is InChI=1S/C23H28FN3O2/c24-16-5-6-18-15(11-16)12-21(28)27(18)20-8-7-19-17-4-2-10-25-9-1-3-14(22(17)25)13-26(19)23(20)29/h5-6,11,14,17,19-20,22H,1-4,7-10,12-13H2/t14-,17+,19+,20?,22-/m0/s1. The van der Waals surface area contributed by atoms with Gasteiger partial charge in [-0.2, -0.15) is 0 Å². The van der Waals surface area contributed by atoms with Crippen LogP contribution in [0.5, 0.6) is 0 Å². The summed E-state index contributed by atoms with van der Waals surface area (Å²) < 4.78 is 13.6. The number of carbonyl (C=O) groups excluding carboxylic acids is 2. The topological polar surface area (TPSA) is 43.9 Å². The number of benzene rings is 1. The summed E-state index contributed by atoms with van der Waals surface area (Å²) in [6, 6.07) is 5.05. The number of hydrogen-bond acceptors (Lipinski definition) is 3. The maximum atomic E-state index is 13.6. The zero-order valence-electron chi connectivity index (χ0n) is 16.7. The van der Waals surface area contributed by atoms with Crippen molar-refractivity contribution >= 4 is 17.5 Å². The summed E-state index contributed by atoms with van der Waals surface area (Å²) in [5.74, 6) is 0.883. The van der Waals surface area contributed by atoms with Crippen molar-refractivity contribution in [3.05, 3.63) is 29.6 Å². The Labute approximate surface area is 170 Å². The molecular weight excluding hydrogens is 369 g/mol. The van der Waals surface area contributed by atoms with Crippen molar-refractivity contribution in [2.75, 3.05) is 24.5 Å². The van der Waals surface area contributed by atoms with Gasteiger partial charge in [0, 0.05) is 24.3 Å². The average molecular weight is 397 g/mol. The summed E-state index contributed by atoms with van der Waals surface area (Å²) in [5, 5.41) is 0. The zero-order chi connectivity index (χ0) is 19.7. The van der Waals surface area contributed by atoms with E-state index < -0.39 is 6.04 Å². The first-order valence-electron chi connectivity index (χ1n) is 11.3. The second kappa shape index (κ2) is 6.53. The number of piperidine rings is 4. The van der Waals surface area contributed by atoms with Crippen molar-refractivity contribution in [3.63, 3.8) is 0 Å². The van der Waals surface area contributed by atoms with Crippen molar-refractivity contribution in [3.8, 4) is 0 Å². The fourth-order valence-corrected chi connectivity index (χ4v) is 7.16. The average Bonchev–Trinajstić information content (AvgIpc) is 3.04. The number of hydrogen-bond donors (Lipinski definition) is 0. The summed E-state index contributed by atoms with van der Waals surface area (Å²) in [4.78, 5) is 32.9. The fourth-order valence-electron chi connectivity index (χ4n) is 7.16. The molecule has 2 amide bonds. The molecule has 6 heteroatoms. The van der Waals surface area contributed by atoms with Crippen LogP contribution in [0.15, 0.2) is 18.2 Å². The minimum absolute atomic E-state index is 0.0706. The highest BCUT2D eigenvalue weighted by molar-refractivity contribution is 6.06. The van der Waals surface area contributed by atoms with Gasteiger partial charge in [-0.25, -0.2) is 4.39 Å². The summed E-state index contributed by atoms with van der Waals surface area (Å²) in [5.41, 5.74) is 1.43. The van der Waals surface area contributed by atoms with Crippen LogP contribution in [0.2, 0.25) is 0 Å². The Morgan fingerprint density at radius 3 is 2.69 bits per heavy atom. The predicted molar refractivity (Wildman–Crippen MR) is 107 cm³/mol. The molecule has 6 rings (SSSR count). The van der Waals surface area contributed by atoms with E-state index in [0.717, 1.165) is 25.1 Å². The molecule has 5 nitrogen and oxygen atoms in total. The number of halogens is 1. The molecule has 0 saturated carbocycles. The molecule has 1 unspecified atom stereocenters. The molecule has 154 valence electrons. The van der Waals surface area contributed by atoms with Crippen LogP contribution >= 0.6 is 0 Å². The van der Waals surface area contributed by atoms with Gasteiger partial charge in [-0.05, 0) is 87.2 Å². The molecule has 0 aliphatic carbocycles. The van der Waals surface area contributed by atoms with Gasteiger partial charge in [0.25, 0.3) is 0 Å². The van der Waals surface area contributed by atoms with E-state index in [1.807, 2.05) is 0 Å². The number of fused-ring (bicyclic) bond motifs is 3. The number of carbonyl (C=O) groups is 2. The molecule has 4 fully saturated rings. The SMILES string of the molecule is O=C1Cc2cc(F)ccc2N1C1CC[C@@H]2[C@H]3CCCN4CCC[C@@H](CN2C1=O)[C@@H]34. The highest BCUT2D eigenvalue weighted by Gasteiger charge is 2.53. The van der Waals surface area contributed by atoms with Gasteiger partial charge in [0.05, 0.1) is 6.42 Å². The normalized spacial score (nSPS) is 36.7. The van der Waals surface area contributed by atoms with Gasteiger partial charge in [0.2, 0.25) is 11.8 Å². The molecule has 0 spiro atoms. The van der Waals surface area contributed by atoms with Gasteiger partial charge in [0.15, 0.2) is 0 Å². The molecule has 5 heterocycles. The van der Waals surface area contributed by atoms with E-state index in [1.54, 1.807) is 11.0 Å². The zero-order valence-corrected chi connectivity index (χ0v) is 16.7. The van der Waals surface area contributed by atoms with Gasteiger partial charge in [-0.15, -0.1) is 0 Å². The van der Waals surface area contributed by atoms with Crippen LogP contribution in [0, 0.1) is 17.7 Å². The largest absolute Gasteiger partial charge is 0.337 e. The van der Waals surface area contributed by atoms with E-state index in [-0.39, 0.29) is 24.1 Å². The number of rotatable bonds is 1. The third-order valence-electron chi connectivity index (χ3n) is 8.20. The van der Waals surface area contributed by atoms with Crippen LogP contribution < -0.4 is 4.90 Å². The lowest BCUT2D eigenvalue weighted by Gasteiger charge is -2.59. The van der Waals surface area contributed by atoms with Crippen LogP contribution in [0.4, 0.5) is 10.1 Å². The molecule has 4 saturated heterocycles. The summed E-state index contributed by atoms with van der Waals surface area (Å²) in [6.45, 7) is 3.28. The first-order chi connectivity index (χ1) is 14.1. The molecule has 29 heavy (non-hydrogen) atoms. The summed E-state index contributed by atoms with van der Waals surface area (Å²) in [6.07, 6.45) is 6.79. The molecule has 1 aromatic rings. The maximum Gasteiger partial charge on any atom is 0.246 e. The smallest absolute Gasteiger partial charge is 0.246 e. The predicted octanol–water partition coefficient (Wildman–Crippen LogP) is 2.58. The Morgan fingerprint density at radius 1 is 1.00 bits per heavy atom. The van der Waals surface area contributed by atoms with Crippen molar-refractivity contribution in [1.82, 2.24) is 9.80 Å². The Kier molecular flexibility index (Phi) is 4.02. The lowest BCUT2D eigenvalue weighted by atomic mass is 9.67. The van der Waals surface area contributed by atoms with Crippen molar-refractivity contribution in [1.29, 1.82) is 0 Å². The fraction of sp³-hybridized carbons (Fsp3) is 0.652. The van der Waals surface area contributed by atoms with Crippen molar-refractivity contribution < 1.29 is 14.0 Å². The van der Waals surface area contributed by atoms with Gasteiger partial charge in [0.1, 0.15) is 11.9 Å². The Hall–Kier alpha value is -1.95. The minimum Gasteiger partial charge on any atom is -0.337 e. The molecule has 0 bridgehead atoms. The Balaban J connectivity index is 1.30. The first-order valence-corrected chi connectivity index (χ1v) is 11.3. The summed E-state index contributed by atoms with van der Waals surface area (Å²) in [7, 11) is 0. The Bertz CT molecular complexity index is 872. The summed E-state index contributed by atoms with van der Waals surface area (Å²) >= 11 is 0. The van der Waals surface area contributed by atoms with Crippen LogP contribution in [-0.4, -0.2) is 59.4 Å². The molecule has 5 aliphatic rings. The molecule has 0 aromatic heterocycles. The lowest BCUT2D eigenvalue weighted by molar-refractivity contribution is -0.153. The third kappa shape index (κ3) is 2.61. The quantitative estimate of drug-likeness (QED) is 0.732. The molecule has 5 atom stereocenters. The third-order valence-corrected chi connectivity index (χ3v) is 8.20. The maximum absolute atomic E-state index is 13.6. The lowest BCUT2D eigenvalue weighted by Crippen LogP contribution is -2.69. The molecule has 0 radical (unpaired) electrons. The second-order valence-corrected chi connectivity index (χ2v) is 9.60. The van der Waals surface area contributed by atoms with Crippen LogP contribution in [-0.2, 0) is 16.0 Å². The number of nitrogens with zero attached hydrogens (tertiary/aromatic N) is 3. The van der Waals surface area contributed by atoms with E-state index in [2.05, 4.69) is 9.80 Å². The minimum atomic E-state index is -0.426. The first kappa shape index (κ1) is 17.9. The monoisotopic (exact) mass is 397 g/mol. The van der Waals surface area contributed by atoms with Crippen LogP contribution in [0.25, 0.3) is 0 Å². The highest BCUT2D eigenvalue weighted by atomic mass is 19.1. The van der Waals surface area contributed by atoms with Crippen molar-refractivity contribution in [2.24, 2.45) is 11.8 Å². The number of amides is 2. The van der Waals surface area contributed by atoms with E-state index in [1.165, 1.54) is 50.9 Å². The molecule has 5 aliphatic heterocycles. The van der Waals surface area contributed by atoms with Crippen LogP contribution in [0.1, 0.15) is 44.1 Å². The van der Waals surface area contributed by atoms with Crippen molar-refractivity contribution in [2.45, 2.75) is 63.1 Å². The van der Waals surface area contributed by atoms with Gasteiger partial charge in [-0.3, -0.25) is 19.4 Å². The number of anilines is 1. The van der Waals surface area contributed by atoms with E-state index in [9.17, 15) is 14.0 Å². The highest BCUT2D eigenvalue weighted by Crippen LogP contribution is 2.46. The molecular formula is C23H28FN3O2. The van der Waals surface area contributed by atoms with Crippen LogP contribution in [0.3, 0.4) is 0 Å². The molecule has 1 aromatic carbocycles. The van der Waals surface area contributed by atoms with Gasteiger partial charge >= 0.3 is 0 Å². The van der Waals surface area contributed by atoms with E-state index in [4.69, 9.17) is 0 Å². The van der Waals surface area contributed by atoms with E-state index >= 15 is 0 Å². The van der Waals surface area contributed by atoms with E-state index in [0.29, 0.717) is 29.5 Å².